The highest BCUT2D eigenvalue weighted by molar-refractivity contribution is 5.92. The Kier molecular flexibility index (Phi) is 15.0. The predicted molar refractivity (Wildman–Crippen MR) is 101 cm³/mol. The van der Waals surface area contributed by atoms with Gasteiger partial charge in [0.15, 0.2) is 0 Å². The van der Waals surface area contributed by atoms with Crippen LogP contribution in [0.3, 0.4) is 0 Å². The summed E-state index contributed by atoms with van der Waals surface area (Å²) < 4.78 is 19.7. The second-order valence-corrected chi connectivity index (χ2v) is 5.80. The number of ether oxygens (including phenoxy) is 4. The van der Waals surface area contributed by atoms with Crippen LogP contribution in [-0.4, -0.2) is 43.4 Å². The molecule has 0 aliphatic rings. The normalized spacial score (nSPS) is 11.0. The van der Waals surface area contributed by atoms with Crippen molar-refractivity contribution >= 4 is 23.9 Å². The quantitative estimate of drug-likeness (QED) is 0.145. The van der Waals surface area contributed by atoms with Gasteiger partial charge < -0.3 is 18.9 Å². The van der Waals surface area contributed by atoms with Crippen molar-refractivity contribution in [3.8, 4) is 0 Å². The molecule has 0 bridgehead atoms. The summed E-state index contributed by atoms with van der Waals surface area (Å²) in [6.07, 6.45) is 6.67. The van der Waals surface area contributed by atoms with Gasteiger partial charge in [0, 0.05) is 30.7 Å². The zero-order valence-electron chi connectivity index (χ0n) is 16.8. The first kappa shape index (κ1) is 25.4. The molecule has 0 saturated carbocycles. The largest absolute Gasteiger partial charge is 0.463 e. The van der Waals surface area contributed by atoms with Gasteiger partial charge in [0.05, 0.1) is 13.2 Å². The van der Waals surface area contributed by atoms with Crippen LogP contribution in [0.25, 0.3) is 0 Å². The monoisotopic (exact) mass is 398 g/mol. The van der Waals surface area contributed by atoms with Gasteiger partial charge in [0.25, 0.3) is 0 Å². The highest BCUT2D eigenvalue weighted by Gasteiger charge is 2.16. The van der Waals surface area contributed by atoms with Crippen molar-refractivity contribution < 1.29 is 38.1 Å². The fourth-order valence-electron chi connectivity index (χ4n) is 1.72. The first-order valence-corrected chi connectivity index (χ1v) is 9.53. The average molecular weight is 398 g/mol. The van der Waals surface area contributed by atoms with Gasteiger partial charge in [-0.05, 0) is 19.3 Å². The summed E-state index contributed by atoms with van der Waals surface area (Å²) in [5.41, 5.74) is 0. The molecule has 0 aromatic rings. The van der Waals surface area contributed by atoms with Crippen LogP contribution in [0.4, 0.5) is 0 Å². The minimum Gasteiger partial charge on any atom is -0.463 e. The lowest BCUT2D eigenvalue weighted by Gasteiger charge is -2.15. The van der Waals surface area contributed by atoms with Crippen LogP contribution in [0.2, 0.25) is 0 Å². The molecule has 0 radical (unpaired) electrons. The Morgan fingerprint density at radius 3 is 1.39 bits per heavy atom. The second-order valence-electron chi connectivity index (χ2n) is 5.80. The van der Waals surface area contributed by atoms with E-state index in [2.05, 4.69) is 0 Å². The van der Waals surface area contributed by atoms with Crippen molar-refractivity contribution in [1.29, 1.82) is 0 Å². The SMILES string of the molecule is CCCCOC(=O)/C=C\C(=O)OC(CCC)OC(=O)/C=C\C(=O)OCCCC. The van der Waals surface area contributed by atoms with Crippen LogP contribution in [0.15, 0.2) is 24.3 Å². The summed E-state index contributed by atoms with van der Waals surface area (Å²) in [5.74, 6) is -3.00. The number of hydrogen-bond donors (Lipinski definition) is 0. The van der Waals surface area contributed by atoms with E-state index in [1.54, 1.807) is 0 Å². The summed E-state index contributed by atoms with van der Waals surface area (Å²) in [7, 11) is 0. The Balaban J connectivity index is 4.45. The maximum Gasteiger partial charge on any atom is 0.334 e. The molecular weight excluding hydrogens is 368 g/mol. The Hall–Kier alpha value is -2.64. The molecular formula is C20H30O8. The fraction of sp³-hybridized carbons (Fsp3) is 0.600. The van der Waals surface area contributed by atoms with E-state index in [1.807, 2.05) is 20.8 Å². The number of unbranched alkanes of at least 4 members (excludes halogenated alkanes) is 2. The van der Waals surface area contributed by atoms with Gasteiger partial charge in [-0.15, -0.1) is 0 Å². The van der Waals surface area contributed by atoms with Crippen molar-refractivity contribution in [3.63, 3.8) is 0 Å². The molecule has 0 aliphatic heterocycles. The minimum atomic E-state index is -1.13. The van der Waals surface area contributed by atoms with Crippen LogP contribution >= 0.6 is 0 Å². The molecule has 0 N–H and O–H groups in total. The van der Waals surface area contributed by atoms with Crippen molar-refractivity contribution in [3.05, 3.63) is 24.3 Å². The van der Waals surface area contributed by atoms with E-state index in [-0.39, 0.29) is 19.6 Å². The highest BCUT2D eigenvalue weighted by Crippen LogP contribution is 2.06. The Morgan fingerprint density at radius 2 is 1.04 bits per heavy atom. The summed E-state index contributed by atoms with van der Waals surface area (Å²) in [6.45, 7) is 6.29. The molecule has 0 unspecified atom stereocenters. The third-order valence-corrected chi connectivity index (χ3v) is 3.21. The molecule has 8 nitrogen and oxygen atoms in total. The zero-order chi connectivity index (χ0) is 21.2. The smallest absolute Gasteiger partial charge is 0.334 e. The number of esters is 4. The second kappa shape index (κ2) is 16.5. The van der Waals surface area contributed by atoms with Gasteiger partial charge in [-0.1, -0.05) is 33.6 Å². The first-order valence-electron chi connectivity index (χ1n) is 9.53. The minimum absolute atomic E-state index is 0.265. The molecule has 158 valence electrons. The molecule has 8 heteroatoms. The predicted octanol–water partition coefficient (Wildman–Crippen LogP) is 3.00. The number of hydrogen-bond acceptors (Lipinski definition) is 8. The van der Waals surface area contributed by atoms with Gasteiger partial charge in [-0.2, -0.15) is 0 Å². The summed E-state index contributed by atoms with van der Waals surface area (Å²) >= 11 is 0. The third-order valence-electron chi connectivity index (χ3n) is 3.21. The molecule has 0 amide bonds. The maximum absolute atomic E-state index is 11.8. The van der Waals surface area contributed by atoms with Gasteiger partial charge >= 0.3 is 23.9 Å². The standard InChI is InChI=1S/C20H30O8/c1-4-7-14-25-16(21)10-12-18(23)27-20(9-6-3)28-19(24)13-11-17(22)26-15-8-5-2/h10-13,20H,4-9,14-15H2,1-3H3/b12-10-,13-11-. The summed E-state index contributed by atoms with van der Waals surface area (Å²) in [6, 6.07) is 0. The van der Waals surface area contributed by atoms with Crippen LogP contribution in [0.5, 0.6) is 0 Å². The van der Waals surface area contributed by atoms with Crippen molar-refractivity contribution in [2.75, 3.05) is 13.2 Å². The first-order chi connectivity index (χ1) is 13.4. The summed E-state index contributed by atoms with van der Waals surface area (Å²) in [4.78, 5) is 46.3. The van der Waals surface area contributed by atoms with E-state index in [9.17, 15) is 19.2 Å². The lowest BCUT2D eigenvalue weighted by Crippen LogP contribution is -2.23. The van der Waals surface area contributed by atoms with E-state index in [1.165, 1.54) is 0 Å². The van der Waals surface area contributed by atoms with Gasteiger partial charge in [-0.3, -0.25) is 0 Å². The van der Waals surface area contributed by atoms with Gasteiger partial charge in [0.2, 0.25) is 6.29 Å². The highest BCUT2D eigenvalue weighted by atomic mass is 16.7. The Morgan fingerprint density at radius 1 is 0.643 bits per heavy atom. The molecule has 28 heavy (non-hydrogen) atoms. The van der Waals surface area contributed by atoms with E-state index >= 15 is 0 Å². The van der Waals surface area contributed by atoms with Crippen LogP contribution < -0.4 is 0 Å². The van der Waals surface area contributed by atoms with Crippen LogP contribution in [-0.2, 0) is 38.1 Å². The molecule has 0 fully saturated rings. The molecule has 0 aliphatic carbocycles. The fourth-order valence-corrected chi connectivity index (χ4v) is 1.72. The molecule has 0 spiro atoms. The lowest BCUT2D eigenvalue weighted by atomic mass is 10.3. The Bertz CT molecular complexity index is 504. The van der Waals surface area contributed by atoms with E-state index in [4.69, 9.17) is 18.9 Å². The molecule has 0 saturated heterocycles. The zero-order valence-corrected chi connectivity index (χ0v) is 16.8. The number of carbonyl (C=O) groups excluding carboxylic acids is 4. The summed E-state index contributed by atoms with van der Waals surface area (Å²) in [5, 5.41) is 0. The van der Waals surface area contributed by atoms with Crippen LogP contribution in [0.1, 0.15) is 59.3 Å². The van der Waals surface area contributed by atoms with E-state index in [0.29, 0.717) is 6.42 Å². The average Bonchev–Trinajstić information content (AvgIpc) is 2.65. The number of carbonyl (C=O) groups is 4. The van der Waals surface area contributed by atoms with E-state index in [0.717, 1.165) is 50.0 Å². The molecule has 0 aromatic heterocycles. The van der Waals surface area contributed by atoms with Crippen molar-refractivity contribution in [1.82, 2.24) is 0 Å². The Labute approximate surface area is 165 Å². The third kappa shape index (κ3) is 14.5. The molecule has 0 heterocycles. The molecule has 0 rings (SSSR count). The van der Waals surface area contributed by atoms with Gasteiger partial charge in [-0.25, -0.2) is 19.2 Å². The van der Waals surface area contributed by atoms with Crippen molar-refractivity contribution in [2.45, 2.75) is 65.6 Å². The van der Waals surface area contributed by atoms with E-state index < -0.39 is 30.2 Å². The molecule has 0 atom stereocenters. The lowest BCUT2D eigenvalue weighted by molar-refractivity contribution is -0.182. The van der Waals surface area contributed by atoms with Crippen molar-refractivity contribution in [2.24, 2.45) is 0 Å². The number of rotatable bonds is 14. The van der Waals surface area contributed by atoms with Gasteiger partial charge in [0.1, 0.15) is 0 Å². The van der Waals surface area contributed by atoms with Crippen LogP contribution in [0, 0.1) is 0 Å². The maximum atomic E-state index is 11.8. The molecule has 0 aromatic carbocycles. The topological polar surface area (TPSA) is 105 Å².